The van der Waals surface area contributed by atoms with Gasteiger partial charge in [-0.05, 0) is 0 Å². The molecule has 0 saturated carbocycles. The quantitative estimate of drug-likeness (QED) is 0.283. The standard InChI is InChI=1S/C17H17.C15H14.C5H5.2ClH.Zr/c1-10-5-14-9-15-6-11(2)13(4)8-17(15)16(14)7-12(10)3;1-12-3-7-14(8-4-12)11-15-9-5-13(2)6-10-15;1-2-4-5-3-1;;;/h5,7-8H,9H2,1-4H3;3-10H,1-2H3;1-3H,4H2;2*1H;/q;;;;;+2/p-2. The maximum absolute atomic E-state index is 2.63. The number of aryl methyl sites for hydroxylation is 5. The summed E-state index contributed by atoms with van der Waals surface area (Å²) in [5.74, 6) is 0. The average molecular weight is 643 g/mol. The molecule has 0 N–H and O–H groups in total. The number of hydrogen-bond donors (Lipinski definition) is 0. The van der Waals surface area contributed by atoms with E-state index < -0.39 is 21.3 Å². The van der Waals surface area contributed by atoms with Gasteiger partial charge in [-0.25, -0.2) is 0 Å². The zero-order chi connectivity index (χ0) is 26.6. The van der Waals surface area contributed by atoms with E-state index in [0.29, 0.717) is 0 Å². The second kappa shape index (κ2) is 12.3. The third kappa shape index (κ3) is 5.46. The first-order chi connectivity index (χ1) is 18.3. The van der Waals surface area contributed by atoms with Gasteiger partial charge in [-0.3, -0.25) is 0 Å². The number of hydrogen-bond acceptors (Lipinski definition) is 0. The SMILES string of the molecule is Cc1ccc([C](c2ccc(C)cc2)=[Zr+2]([C]2=CC=CC2)[c]2c(C)c(C)cc3c2Cc2cc(C)c(C)cc2-3)cc1.[Cl-].[Cl-]. The maximum Gasteiger partial charge on any atom is -1.00 e. The molecule has 2 aliphatic rings. The van der Waals surface area contributed by atoms with Gasteiger partial charge < -0.3 is 24.8 Å². The Morgan fingerprint density at radius 3 is 1.75 bits per heavy atom. The Labute approximate surface area is 260 Å². The number of fused-ring (bicyclic) bond motifs is 3. The molecule has 40 heavy (non-hydrogen) atoms. The second-order valence-electron chi connectivity index (χ2n) is 11.3. The molecule has 6 rings (SSSR count). The van der Waals surface area contributed by atoms with E-state index in [9.17, 15) is 0 Å². The maximum atomic E-state index is 2.48. The van der Waals surface area contributed by atoms with Crippen LogP contribution in [0.25, 0.3) is 11.1 Å². The van der Waals surface area contributed by atoms with Crippen molar-refractivity contribution in [1.82, 2.24) is 0 Å². The van der Waals surface area contributed by atoms with Crippen LogP contribution in [0.3, 0.4) is 0 Å². The molecular formula is C37H36Cl2Zr. The summed E-state index contributed by atoms with van der Waals surface area (Å²) in [5, 5.41) is 0. The molecular weight excluding hydrogens is 607 g/mol. The third-order valence-corrected chi connectivity index (χ3v) is 16.6. The zero-order valence-corrected chi connectivity index (χ0v) is 28.2. The molecule has 0 heterocycles. The van der Waals surface area contributed by atoms with Gasteiger partial charge in [0.05, 0.1) is 0 Å². The van der Waals surface area contributed by atoms with E-state index in [1.54, 1.807) is 15.3 Å². The molecule has 0 aromatic heterocycles. The largest absolute Gasteiger partial charge is 1.00 e. The summed E-state index contributed by atoms with van der Waals surface area (Å²) in [6.07, 6.45) is 9.27. The first kappa shape index (κ1) is 30.6. The summed E-state index contributed by atoms with van der Waals surface area (Å²) < 4.78 is 5.00. The molecule has 0 aliphatic heterocycles. The molecule has 202 valence electrons. The van der Waals surface area contributed by atoms with E-state index in [0.717, 1.165) is 12.8 Å². The Kier molecular flexibility index (Phi) is 9.41. The van der Waals surface area contributed by atoms with E-state index in [1.807, 2.05) is 0 Å². The monoisotopic (exact) mass is 640 g/mol. The minimum Gasteiger partial charge on any atom is -1.00 e. The van der Waals surface area contributed by atoms with Crippen LogP contribution in [0.2, 0.25) is 0 Å². The first-order valence-corrected chi connectivity index (χ1v) is 17.5. The van der Waals surface area contributed by atoms with Crippen molar-refractivity contribution in [2.24, 2.45) is 0 Å². The predicted molar refractivity (Wildman–Crippen MR) is 161 cm³/mol. The van der Waals surface area contributed by atoms with Gasteiger partial charge in [-0.1, -0.05) is 0 Å². The van der Waals surface area contributed by atoms with Crippen LogP contribution in [0.1, 0.15) is 62.1 Å². The minimum atomic E-state index is -2.63. The number of benzene rings is 4. The van der Waals surface area contributed by atoms with Crippen molar-refractivity contribution >= 4 is 6.48 Å². The Bertz CT molecular complexity index is 1640. The van der Waals surface area contributed by atoms with Crippen LogP contribution in [0.5, 0.6) is 0 Å². The van der Waals surface area contributed by atoms with Crippen LogP contribution in [-0.4, -0.2) is 3.21 Å². The number of allylic oxidation sites excluding steroid dienone is 4. The van der Waals surface area contributed by atoms with Gasteiger partial charge in [0.25, 0.3) is 0 Å². The fourth-order valence-electron chi connectivity index (χ4n) is 6.17. The molecule has 3 heteroatoms. The molecule has 0 amide bonds. The molecule has 0 atom stereocenters. The summed E-state index contributed by atoms with van der Waals surface area (Å²) in [4.78, 5) is 0. The zero-order valence-electron chi connectivity index (χ0n) is 24.3. The summed E-state index contributed by atoms with van der Waals surface area (Å²) in [7, 11) is 0. The molecule has 0 nitrogen and oxygen atoms in total. The van der Waals surface area contributed by atoms with Gasteiger partial charge in [-0.15, -0.1) is 0 Å². The van der Waals surface area contributed by atoms with Crippen LogP contribution in [0.4, 0.5) is 0 Å². The van der Waals surface area contributed by atoms with Crippen molar-refractivity contribution in [2.75, 3.05) is 0 Å². The van der Waals surface area contributed by atoms with Crippen LogP contribution in [-0.2, 0) is 27.7 Å². The van der Waals surface area contributed by atoms with E-state index in [1.165, 1.54) is 61.2 Å². The molecule has 0 radical (unpaired) electrons. The first-order valence-electron chi connectivity index (χ1n) is 13.8. The average Bonchev–Trinajstić information content (AvgIpc) is 3.54. The van der Waals surface area contributed by atoms with Crippen molar-refractivity contribution in [2.45, 2.75) is 54.4 Å². The van der Waals surface area contributed by atoms with Crippen LogP contribution >= 0.6 is 0 Å². The van der Waals surface area contributed by atoms with Crippen molar-refractivity contribution < 1.29 is 46.1 Å². The Morgan fingerprint density at radius 2 is 1.20 bits per heavy atom. The van der Waals surface area contributed by atoms with Gasteiger partial charge in [0.15, 0.2) is 0 Å². The van der Waals surface area contributed by atoms with Crippen molar-refractivity contribution in [3.63, 3.8) is 0 Å². The Morgan fingerprint density at radius 1 is 0.650 bits per heavy atom. The van der Waals surface area contributed by atoms with Crippen LogP contribution < -0.4 is 28.1 Å². The molecule has 0 fully saturated rings. The summed E-state index contributed by atoms with van der Waals surface area (Å²) in [5.41, 5.74) is 17.2. The normalized spacial score (nSPS) is 12.5. The van der Waals surface area contributed by atoms with Crippen LogP contribution in [0.15, 0.2) is 88.2 Å². The summed E-state index contributed by atoms with van der Waals surface area (Å²) in [6, 6.07) is 26.0. The minimum absolute atomic E-state index is 0. The van der Waals surface area contributed by atoms with Crippen molar-refractivity contribution in [3.05, 3.63) is 144 Å². The molecule has 4 aromatic rings. The van der Waals surface area contributed by atoms with Gasteiger partial charge >= 0.3 is 237 Å². The number of rotatable bonds is 4. The molecule has 0 spiro atoms. The van der Waals surface area contributed by atoms with Crippen molar-refractivity contribution in [1.29, 1.82) is 0 Å². The smallest absolute Gasteiger partial charge is 1.00 e. The van der Waals surface area contributed by atoms with Gasteiger partial charge in [-0.2, -0.15) is 0 Å². The van der Waals surface area contributed by atoms with Gasteiger partial charge in [0, 0.05) is 0 Å². The second-order valence-corrected chi connectivity index (χ2v) is 17.2. The van der Waals surface area contributed by atoms with E-state index in [-0.39, 0.29) is 24.8 Å². The molecule has 0 bridgehead atoms. The van der Waals surface area contributed by atoms with E-state index in [2.05, 4.69) is 127 Å². The fourth-order valence-corrected chi connectivity index (χ4v) is 14.7. The summed E-state index contributed by atoms with van der Waals surface area (Å²) in [6.45, 7) is 13.6. The van der Waals surface area contributed by atoms with Crippen molar-refractivity contribution in [3.8, 4) is 11.1 Å². The number of halogens is 2. The van der Waals surface area contributed by atoms with E-state index in [4.69, 9.17) is 0 Å². The van der Waals surface area contributed by atoms with Gasteiger partial charge in [0.2, 0.25) is 0 Å². The summed E-state index contributed by atoms with van der Waals surface area (Å²) >= 11 is -2.63. The predicted octanol–water partition coefficient (Wildman–Crippen LogP) is 2.47. The Balaban J connectivity index is 0.00000185. The molecule has 0 unspecified atom stereocenters. The topological polar surface area (TPSA) is 0 Å². The van der Waals surface area contributed by atoms with Gasteiger partial charge in [0.1, 0.15) is 0 Å². The third-order valence-electron chi connectivity index (χ3n) is 8.60. The van der Waals surface area contributed by atoms with Crippen LogP contribution in [0, 0.1) is 41.5 Å². The van der Waals surface area contributed by atoms with E-state index >= 15 is 0 Å². The molecule has 4 aromatic carbocycles. The Hall–Kier alpha value is -2.31. The fraction of sp³-hybridized carbons (Fsp3) is 0.216. The molecule has 2 aliphatic carbocycles. The molecule has 0 saturated heterocycles.